The first kappa shape index (κ1) is 12.7. The lowest BCUT2D eigenvalue weighted by Crippen LogP contribution is -2.38. The molecule has 3 rings (SSSR count). The highest BCUT2D eigenvalue weighted by Gasteiger charge is 2.55. The Labute approximate surface area is 110 Å². The monoisotopic (exact) mass is 282 g/mol. The molecule has 0 atom stereocenters. The number of hydrogen-bond donors (Lipinski definition) is 0. The van der Waals surface area contributed by atoms with Crippen molar-refractivity contribution in [2.75, 3.05) is 0 Å². The Morgan fingerprint density at radius 1 is 1.00 bits per heavy atom. The number of carbonyl (C=O) groups excluding carboxylic acids is 1. The van der Waals surface area contributed by atoms with Gasteiger partial charge in [0.15, 0.2) is 0 Å². The van der Waals surface area contributed by atoms with E-state index in [2.05, 4.69) is 0 Å². The van der Waals surface area contributed by atoms with E-state index in [0.29, 0.717) is 6.07 Å². The smallest absolute Gasteiger partial charge is 0.339 e. The van der Waals surface area contributed by atoms with Crippen LogP contribution in [-0.4, -0.2) is 5.78 Å². The molecule has 0 saturated carbocycles. The summed E-state index contributed by atoms with van der Waals surface area (Å²) in [6, 6.07) is 6.17. The Morgan fingerprint density at radius 3 is 2.30 bits per heavy atom. The van der Waals surface area contributed by atoms with Crippen LogP contribution in [0.5, 0.6) is 11.5 Å². The van der Waals surface area contributed by atoms with Crippen molar-refractivity contribution in [1.82, 2.24) is 0 Å². The lowest BCUT2D eigenvalue weighted by Gasteiger charge is -2.29. The molecule has 0 fully saturated rings. The van der Waals surface area contributed by atoms with Crippen molar-refractivity contribution in [3.05, 3.63) is 59.2 Å². The summed E-state index contributed by atoms with van der Waals surface area (Å²) >= 11 is 0. The Hall–Kier alpha value is -2.37. The van der Waals surface area contributed by atoms with Gasteiger partial charge in [-0.15, -0.1) is 0 Å². The van der Waals surface area contributed by atoms with E-state index in [4.69, 9.17) is 4.74 Å². The number of ether oxygens (including phenoxy) is 1. The number of fused-ring (bicyclic) bond motifs is 1. The maximum absolute atomic E-state index is 13.5. The molecule has 2 aromatic carbocycles. The van der Waals surface area contributed by atoms with Crippen molar-refractivity contribution < 1.29 is 27.1 Å². The minimum Gasteiger partial charge on any atom is -0.457 e. The van der Waals surface area contributed by atoms with E-state index < -0.39 is 28.9 Å². The molecule has 0 bridgehead atoms. The molecule has 102 valence electrons. The molecule has 6 heteroatoms. The second kappa shape index (κ2) is 4.06. The number of carbonyl (C=O) groups is 1. The normalized spacial score (nSPS) is 15.5. The molecule has 1 aliphatic rings. The van der Waals surface area contributed by atoms with E-state index in [1.807, 2.05) is 0 Å². The van der Waals surface area contributed by atoms with Crippen LogP contribution in [0.25, 0.3) is 0 Å². The highest BCUT2D eigenvalue weighted by atomic mass is 19.3. The van der Waals surface area contributed by atoms with Gasteiger partial charge in [0, 0.05) is 23.8 Å². The van der Waals surface area contributed by atoms with Gasteiger partial charge >= 0.3 is 5.92 Å². The third-order valence-electron chi connectivity index (χ3n) is 2.93. The molecule has 20 heavy (non-hydrogen) atoms. The molecule has 0 heterocycles. The Morgan fingerprint density at radius 2 is 1.65 bits per heavy atom. The number of ketones is 1. The number of benzene rings is 2. The predicted molar refractivity (Wildman–Crippen MR) is 61.1 cm³/mol. The number of alkyl halides is 2. The first-order valence-corrected chi connectivity index (χ1v) is 5.59. The maximum atomic E-state index is 13.5. The molecular weight excluding hydrogens is 276 g/mol. The minimum absolute atomic E-state index is 0.149. The average molecular weight is 282 g/mol. The van der Waals surface area contributed by atoms with Gasteiger partial charge < -0.3 is 4.74 Å². The van der Waals surface area contributed by atoms with E-state index >= 15 is 0 Å². The number of halogens is 4. The van der Waals surface area contributed by atoms with Crippen LogP contribution < -0.4 is 4.74 Å². The Kier molecular flexibility index (Phi) is 2.57. The van der Waals surface area contributed by atoms with Gasteiger partial charge in [0.2, 0.25) is 5.78 Å². The maximum Gasteiger partial charge on any atom is 0.339 e. The quantitative estimate of drug-likeness (QED) is 0.777. The summed E-state index contributed by atoms with van der Waals surface area (Å²) in [4.78, 5) is 11.2. The molecule has 1 aliphatic carbocycles. The predicted octanol–water partition coefficient (Wildman–Crippen LogP) is 4.05. The van der Waals surface area contributed by atoms with Crippen LogP contribution in [0.2, 0.25) is 0 Å². The van der Waals surface area contributed by atoms with Crippen molar-refractivity contribution in [3.8, 4) is 11.5 Å². The number of rotatable bonds is 2. The van der Waals surface area contributed by atoms with E-state index in [-0.39, 0.29) is 17.1 Å². The molecule has 0 saturated heterocycles. The van der Waals surface area contributed by atoms with Crippen LogP contribution in [0.1, 0.15) is 15.9 Å². The summed E-state index contributed by atoms with van der Waals surface area (Å²) in [6.07, 6.45) is 0. The lowest BCUT2D eigenvalue weighted by atomic mass is 9.82. The molecule has 2 aromatic rings. The summed E-state index contributed by atoms with van der Waals surface area (Å²) in [5.74, 6) is -7.25. The van der Waals surface area contributed by atoms with Gasteiger partial charge in [-0.3, -0.25) is 4.79 Å². The summed E-state index contributed by atoms with van der Waals surface area (Å²) in [7, 11) is 0. The van der Waals surface area contributed by atoms with Gasteiger partial charge in [-0.25, -0.2) is 8.78 Å². The highest BCUT2D eigenvalue weighted by Crippen LogP contribution is 2.49. The average Bonchev–Trinajstić information content (AvgIpc) is 2.36. The first-order valence-electron chi connectivity index (χ1n) is 5.59. The zero-order valence-corrected chi connectivity index (χ0v) is 9.79. The number of Topliss-reactive ketones (excluding diaryl/α,β-unsaturated/α-hetero) is 1. The molecule has 0 N–H and O–H groups in total. The van der Waals surface area contributed by atoms with Gasteiger partial charge in [-0.1, -0.05) is 12.1 Å². The van der Waals surface area contributed by atoms with Crippen molar-refractivity contribution in [3.63, 3.8) is 0 Å². The van der Waals surface area contributed by atoms with Gasteiger partial charge in [-0.2, -0.15) is 8.78 Å². The van der Waals surface area contributed by atoms with Crippen LogP contribution in [0.4, 0.5) is 17.6 Å². The van der Waals surface area contributed by atoms with Crippen molar-refractivity contribution in [2.45, 2.75) is 5.92 Å². The van der Waals surface area contributed by atoms with Crippen molar-refractivity contribution >= 4 is 5.78 Å². The van der Waals surface area contributed by atoms with Crippen LogP contribution in [-0.2, 0) is 5.92 Å². The van der Waals surface area contributed by atoms with Gasteiger partial charge in [0.25, 0.3) is 0 Å². The zero-order valence-electron chi connectivity index (χ0n) is 9.79. The first-order chi connectivity index (χ1) is 9.39. The van der Waals surface area contributed by atoms with Crippen molar-refractivity contribution in [1.29, 1.82) is 0 Å². The molecule has 2 nitrogen and oxygen atoms in total. The van der Waals surface area contributed by atoms with E-state index in [1.54, 1.807) is 0 Å². The fraction of sp³-hybridized carbons (Fsp3) is 0.0714. The molecule has 0 amide bonds. The molecule has 0 aliphatic heterocycles. The van der Waals surface area contributed by atoms with E-state index in [1.165, 1.54) is 18.2 Å². The second-order valence-corrected chi connectivity index (χ2v) is 4.29. The van der Waals surface area contributed by atoms with Gasteiger partial charge in [0.05, 0.1) is 5.56 Å². The topological polar surface area (TPSA) is 26.3 Å². The van der Waals surface area contributed by atoms with Crippen LogP contribution >= 0.6 is 0 Å². The fourth-order valence-electron chi connectivity index (χ4n) is 2.06. The van der Waals surface area contributed by atoms with Gasteiger partial charge in [-0.05, 0) is 6.07 Å². The minimum atomic E-state index is -3.63. The third kappa shape index (κ3) is 1.76. The summed E-state index contributed by atoms with van der Waals surface area (Å²) < 4.78 is 58.0. The number of hydrogen-bond acceptors (Lipinski definition) is 2. The van der Waals surface area contributed by atoms with E-state index in [0.717, 1.165) is 12.1 Å². The largest absolute Gasteiger partial charge is 0.457 e. The molecular formula is C14H6F4O2. The Balaban J connectivity index is 2.03. The highest BCUT2D eigenvalue weighted by molar-refractivity contribution is 6.12. The zero-order chi connectivity index (χ0) is 14.5. The van der Waals surface area contributed by atoms with Crippen LogP contribution in [0.3, 0.4) is 0 Å². The molecule has 0 aromatic heterocycles. The third-order valence-corrected chi connectivity index (χ3v) is 2.93. The van der Waals surface area contributed by atoms with E-state index in [9.17, 15) is 22.4 Å². The second-order valence-electron chi connectivity index (χ2n) is 4.29. The summed E-state index contributed by atoms with van der Waals surface area (Å²) in [5, 5.41) is 0. The summed E-state index contributed by atoms with van der Waals surface area (Å²) in [5.41, 5.74) is -0.709. The van der Waals surface area contributed by atoms with Crippen molar-refractivity contribution in [2.24, 2.45) is 0 Å². The molecule has 0 spiro atoms. The van der Waals surface area contributed by atoms with Crippen LogP contribution in [0, 0.1) is 11.6 Å². The molecule has 0 radical (unpaired) electrons. The fourth-order valence-corrected chi connectivity index (χ4v) is 2.06. The summed E-state index contributed by atoms with van der Waals surface area (Å²) in [6.45, 7) is 0. The Bertz CT molecular complexity index is 705. The van der Waals surface area contributed by atoms with Crippen LogP contribution in [0.15, 0.2) is 36.4 Å². The SMILES string of the molecule is O=C1c2cccc(Oc3cc(F)cc(F)c3)c2C1(F)F. The molecule has 0 unspecified atom stereocenters. The lowest BCUT2D eigenvalue weighted by molar-refractivity contribution is -0.00782. The standard InChI is InChI=1S/C14H6F4O2/c15-7-4-8(16)6-9(5-7)20-11-3-1-2-10-12(11)14(17,18)13(10)19/h1-6H. The van der Waals surface area contributed by atoms with Gasteiger partial charge in [0.1, 0.15) is 23.1 Å².